The zero-order valence-electron chi connectivity index (χ0n) is 7.34. The molecule has 6 heteroatoms. The van der Waals surface area contributed by atoms with Gasteiger partial charge in [-0.15, -0.1) is 11.3 Å². The van der Waals surface area contributed by atoms with Crippen molar-refractivity contribution in [2.75, 3.05) is 11.1 Å². The van der Waals surface area contributed by atoms with Gasteiger partial charge in [-0.2, -0.15) is 4.98 Å². The van der Waals surface area contributed by atoms with Crippen LogP contribution in [0.3, 0.4) is 0 Å². The summed E-state index contributed by atoms with van der Waals surface area (Å²) in [7, 11) is 0. The van der Waals surface area contributed by atoms with Crippen LogP contribution in [0.4, 0.5) is 11.8 Å². The summed E-state index contributed by atoms with van der Waals surface area (Å²) in [5.74, 6) is 1.00. The molecule has 0 saturated heterocycles. The zero-order valence-corrected chi connectivity index (χ0v) is 8.16. The van der Waals surface area contributed by atoms with Crippen molar-refractivity contribution in [3.63, 3.8) is 0 Å². The Morgan fingerprint density at radius 3 is 3.14 bits per heavy atom. The molecule has 0 saturated carbocycles. The molecule has 0 radical (unpaired) electrons. The molecule has 2 rings (SSSR count). The lowest BCUT2D eigenvalue weighted by molar-refractivity contribution is 1.07. The van der Waals surface area contributed by atoms with Crippen molar-refractivity contribution in [3.8, 4) is 0 Å². The molecule has 0 aliphatic rings. The number of nitrogens with one attached hydrogen (secondary N) is 1. The number of thiazole rings is 1. The lowest BCUT2D eigenvalue weighted by Gasteiger charge is -2.01. The van der Waals surface area contributed by atoms with E-state index in [-0.39, 0.29) is 0 Å². The summed E-state index contributed by atoms with van der Waals surface area (Å²) in [5, 5.41) is 3.06. The Labute approximate surface area is 85.0 Å². The normalized spacial score (nSPS) is 10.0. The number of aromatic nitrogens is 3. The van der Waals surface area contributed by atoms with Gasteiger partial charge in [0.25, 0.3) is 0 Å². The Hall–Kier alpha value is -1.69. The van der Waals surface area contributed by atoms with Gasteiger partial charge in [-0.3, -0.25) is 4.98 Å². The molecule has 72 valence electrons. The quantitative estimate of drug-likeness (QED) is 0.788. The topological polar surface area (TPSA) is 76.7 Å². The maximum absolute atomic E-state index is 5.51. The first kappa shape index (κ1) is 8.89. The maximum atomic E-state index is 5.51. The van der Waals surface area contributed by atoms with Crippen LogP contribution in [0.1, 0.15) is 4.88 Å². The van der Waals surface area contributed by atoms with Crippen LogP contribution in [0.25, 0.3) is 0 Å². The Kier molecular flexibility index (Phi) is 2.55. The van der Waals surface area contributed by atoms with E-state index in [9.17, 15) is 0 Å². The Morgan fingerprint density at radius 1 is 1.50 bits per heavy atom. The van der Waals surface area contributed by atoms with Gasteiger partial charge in [0.1, 0.15) is 5.82 Å². The molecule has 0 bridgehead atoms. The third-order valence-electron chi connectivity index (χ3n) is 1.58. The molecule has 0 atom stereocenters. The highest BCUT2D eigenvalue weighted by molar-refractivity contribution is 7.09. The predicted molar refractivity (Wildman–Crippen MR) is 55.9 cm³/mol. The predicted octanol–water partition coefficient (Wildman–Crippen LogP) is 1.13. The van der Waals surface area contributed by atoms with Crippen LogP contribution in [0, 0.1) is 0 Å². The van der Waals surface area contributed by atoms with Crippen molar-refractivity contribution in [1.82, 2.24) is 15.0 Å². The van der Waals surface area contributed by atoms with Crippen LogP contribution >= 0.6 is 11.3 Å². The first-order valence-corrected chi connectivity index (χ1v) is 4.92. The summed E-state index contributed by atoms with van der Waals surface area (Å²) >= 11 is 1.59. The SMILES string of the molecule is Nc1ccnc(NCc2cncs2)n1. The molecule has 2 aromatic rings. The minimum Gasteiger partial charge on any atom is -0.384 e. The van der Waals surface area contributed by atoms with E-state index < -0.39 is 0 Å². The van der Waals surface area contributed by atoms with Crippen LogP contribution < -0.4 is 11.1 Å². The molecular weight excluding hydrogens is 198 g/mol. The van der Waals surface area contributed by atoms with Crippen LogP contribution in [0.15, 0.2) is 24.0 Å². The van der Waals surface area contributed by atoms with Gasteiger partial charge in [-0.25, -0.2) is 4.98 Å². The van der Waals surface area contributed by atoms with Crippen molar-refractivity contribution >= 4 is 23.1 Å². The highest BCUT2D eigenvalue weighted by Crippen LogP contribution is 2.08. The highest BCUT2D eigenvalue weighted by Gasteiger charge is 1.97. The number of hydrogen-bond donors (Lipinski definition) is 2. The number of nitrogen functional groups attached to an aromatic ring is 1. The van der Waals surface area contributed by atoms with Crippen LogP contribution in [-0.4, -0.2) is 15.0 Å². The van der Waals surface area contributed by atoms with Gasteiger partial charge >= 0.3 is 0 Å². The largest absolute Gasteiger partial charge is 0.384 e. The molecule has 0 amide bonds. The van der Waals surface area contributed by atoms with E-state index in [0.29, 0.717) is 18.3 Å². The maximum Gasteiger partial charge on any atom is 0.224 e. The number of nitrogens with two attached hydrogens (primary N) is 1. The molecule has 0 aromatic carbocycles. The molecule has 2 heterocycles. The minimum absolute atomic E-state index is 0.465. The fourth-order valence-electron chi connectivity index (χ4n) is 0.953. The minimum atomic E-state index is 0.465. The average molecular weight is 207 g/mol. The second kappa shape index (κ2) is 4.01. The van der Waals surface area contributed by atoms with Crippen molar-refractivity contribution in [2.24, 2.45) is 0 Å². The number of rotatable bonds is 3. The second-order valence-electron chi connectivity index (χ2n) is 2.63. The fourth-order valence-corrected chi connectivity index (χ4v) is 1.49. The smallest absolute Gasteiger partial charge is 0.224 e. The van der Waals surface area contributed by atoms with Crippen LogP contribution in [0.5, 0.6) is 0 Å². The summed E-state index contributed by atoms with van der Waals surface area (Å²) in [6.45, 7) is 0.675. The van der Waals surface area contributed by atoms with E-state index >= 15 is 0 Å². The van der Waals surface area contributed by atoms with E-state index in [1.807, 2.05) is 6.20 Å². The second-order valence-corrected chi connectivity index (χ2v) is 3.60. The van der Waals surface area contributed by atoms with Crippen LogP contribution in [0.2, 0.25) is 0 Å². The fraction of sp³-hybridized carbons (Fsp3) is 0.125. The Balaban J connectivity index is 1.98. The lowest BCUT2D eigenvalue weighted by atomic mass is 10.5. The van der Waals surface area contributed by atoms with Crippen molar-refractivity contribution in [2.45, 2.75) is 6.54 Å². The summed E-state index contributed by atoms with van der Waals surface area (Å²) in [6.07, 6.45) is 3.43. The van der Waals surface area contributed by atoms with Crippen LogP contribution in [-0.2, 0) is 6.54 Å². The molecule has 5 nitrogen and oxygen atoms in total. The molecule has 0 aliphatic carbocycles. The van der Waals surface area contributed by atoms with Crippen molar-refractivity contribution in [3.05, 3.63) is 28.8 Å². The summed E-state index contributed by atoms with van der Waals surface area (Å²) in [6, 6.07) is 1.65. The van der Waals surface area contributed by atoms with Gasteiger partial charge in [0, 0.05) is 17.3 Å². The first-order valence-electron chi connectivity index (χ1n) is 4.04. The monoisotopic (exact) mass is 207 g/mol. The molecule has 0 unspecified atom stereocenters. The van der Waals surface area contributed by atoms with Gasteiger partial charge in [0.2, 0.25) is 5.95 Å². The van der Waals surface area contributed by atoms with Gasteiger partial charge in [0.15, 0.2) is 0 Å². The number of anilines is 2. The molecule has 0 spiro atoms. The molecular formula is C8H9N5S. The van der Waals surface area contributed by atoms with E-state index in [4.69, 9.17) is 5.73 Å². The molecule has 14 heavy (non-hydrogen) atoms. The van der Waals surface area contributed by atoms with Gasteiger partial charge in [0.05, 0.1) is 12.1 Å². The summed E-state index contributed by atoms with van der Waals surface area (Å²) < 4.78 is 0. The molecule has 3 N–H and O–H groups in total. The third-order valence-corrected chi connectivity index (χ3v) is 2.36. The summed E-state index contributed by atoms with van der Waals surface area (Å²) in [5.41, 5.74) is 7.30. The van der Waals surface area contributed by atoms with E-state index in [0.717, 1.165) is 4.88 Å². The van der Waals surface area contributed by atoms with E-state index in [1.54, 1.807) is 29.1 Å². The van der Waals surface area contributed by atoms with Gasteiger partial charge < -0.3 is 11.1 Å². The zero-order chi connectivity index (χ0) is 9.80. The Morgan fingerprint density at radius 2 is 2.43 bits per heavy atom. The first-order chi connectivity index (χ1) is 6.84. The highest BCUT2D eigenvalue weighted by atomic mass is 32.1. The number of hydrogen-bond acceptors (Lipinski definition) is 6. The standard InChI is InChI=1S/C8H9N5S/c9-7-1-2-11-8(13-7)12-4-6-3-10-5-14-6/h1-3,5H,4H2,(H3,9,11,12,13). The van der Waals surface area contributed by atoms with Crippen molar-refractivity contribution < 1.29 is 0 Å². The Bertz CT molecular complexity index is 400. The summed E-state index contributed by atoms with van der Waals surface area (Å²) in [4.78, 5) is 13.1. The van der Waals surface area contributed by atoms with Gasteiger partial charge in [-0.1, -0.05) is 0 Å². The average Bonchev–Trinajstić information content (AvgIpc) is 2.67. The van der Waals surface area contributed by atoms with Gasteiger partial charge in [-0.05, 0) is 6.07 Å². The van der Waals surface area contributed by atoms with E-state index in [1.165, 1.54) is 0 Å². The number of nitrogens with zero attached hydrogens (tertiary/aromatic N) is 3. The third kappa shape index (κ3) is 2.17. The molecule has 0 aliphatic heterocycles. The lowest BCUT2D eigenvalue weighted by Crippen LogP contribution is -2.03. The van der Waals surface area contributed by atoms with E-state index in [2.05, 4.69) is 20.3 Å². The van der Waals surface area contributed by atoms with Crippen molar-refractivity contribution in [1.29, 1.82) is 0 Å². The molecule has 0 fully saturated rings. The molecule has 2 aromatic heterocycles.